The molecule has 0 unspecified atom stereocenters. The van der Waals surface area contributed by atoms with Gasteiger partial charge in [0.1, 0.15) is 10.7 Å². The first-order valence-corrected chi connectivity index (χ1v) is 10.2. The summed E-state index contributed by atoms with van der Waals surface area (Å²) in [5.74, 6) is 2.63. The smallest absolute Gasteiger partial charge is 0.142 e. The average molecular weight is 335 g/mol. The molecule has 5 heteroatoms. The van der Waals surface area contributed by atoms with Crippen molar-refractivity contribution in [3.8, 4) is 0 Å². The van der Waals surface area contributed by atoms with Gasteiger partial charge < -0.3 is 5.32 Å². The number of nitrogens with zero attached hydrogens (tertiary/aromatic N) is 3. The lowest BCUT2D eigenvalue weighted by atomic mass is 9.89. The summed E-state index contributed by atoms with van der Waals surface area (Å²) >= 11 is 1.48. The average Bonchev–Trinajstić information content (AvgIpc) is 3.03. The lowest BCUT2D eigenvalue weighted by molar-refractivity contribution is 0.355. The van der Waals surface area contributed by atoms with Gasteiger partial charge in [-0.3, -0.25) is 4.99 Å². The Bertz CT molecular complexity index is 499. The van der Waals surface area contributed by atoms with Crippen molar-refractivity contribution in [1.82, 2.24) is 14.9 Å². The van der Waals surface area contributed by atoms with Crippen LogP contribution >= 0.6 is 11.5 Å². The zero-order valence-corrected chi connectivity index (χ0v) is 15.2. The van der Waals surface area contributed by atoms with Crippen molar-refractivity contribution in [3.63, 3.8) is 0 Å². The Kier molecular flexibility index (Phi) is 6.43. The van der Waals surface area contributed by atoms with Crippen LogP contribution in [0.2, 0.25) is 0 Å². The lowest BCUT2D eigenvalue weighted by Crippen LogP contribution is -2.31. The summed E-state index contributed by atoms with van der Waals surface area (Å²) in [7, 11) is 0. The van der Waals surface area contributed by atoms with Gasteiger partial charge in [0.05, 0.1) is 5.69 Å². The van der Waals surface area contributed by atoms with Gasteiger partial charge in [-0.2, -0.15) is 0 Å². The highest BCUT2D eigenvalue weighted by Gasteiger charge is 2.18. The van der Waals surface area contributed by atoms with Crippen LogP contribution in [0.3, 0.4) is 0 Å². The Morgan fingerprint density at radius 1 is 1.04 bits per heavy atom. The van der Waals surface area contributed by atoms with Gasteiger partial charge in [0.15, 0.2) is 0 Å². The molecule has 2 saturated carbocycles. The quantitative estimate of drug-likeness (QED) is 0.643. The van der Waals surface area contributed by atoms with E-state index in [1.165, 1.54) is 75.7 Å². The van der Waals surface area contributed by atoms with Crippen LogP contribution in [0.15, 0.2) is 4.99 Å². The van der Waals surface area contributed by atoms with Crippen molar-refractivity contribution in [3.05, 3.63) is 10.6 Å². The Labute approximate surface area is 144 Å². The second-order valence-electron chi connectivity index (χ2n) is 7.27. The predicted octanol–water partition coefficient (Wildman–Crippen LogP) is 4.34. The number of hydrogen-bond acceptors (Lipinski definition) is 4. The molecule has 2 fully saturated rings. The molecule has 3 rings (SSSR count). The van der Waals surface area contributed by atoms with Crippen molar-refractivity contribution >= 4 is 17.4 Å². The minimum absolute atomic E-state index is 0.774. The van der Waals surface area contributed by atoms with E-state index in [2.05, 4.69) is 14.9 Å². The Morgan fingerprint density at radius 2 is 1.70 bits per heavy atom. The van der Waals surface area contributed by atoms with Crippen LogP contribution < -0.4 is 5.32 Å². The van der Waals surface area contributed by atoms with Crippen LogP contribution in [0.5, 0.6) is 0 Å². The molecule has 1 N–H and O–H groups in total. The van der Waals surface area contributed by atoms with Crippen molar-refractivity contribution in [2.75, 3.05) is 13.1 Å². The van der Waals surface area contributed by atoms with Gasteiger partial charge in [-0.05, 0) is 56.0 Å². The highest BCUT2D eigenvalue weighted by molar-refractivity contribution is 7.08. The summed E-state index contributed by atoms with van der Waals surface area (Å²) in [6.07, 6.45) is 13.8. The maximum atomic E-state index is 4.97. The standard InChI is InChI=1S/C18H30N4S/c1-14-17(23-22-21-14)18(19-12-15-8-4-2-5-9-15)20-13-16-10-6-3-7-11-16/h15-16H,2-13H2,1H3,(H,19,20). The van der Waals surface area contributed by atoms with Gasteiger partial charge >= 0.3 is 0 Å². The molecule has 0 spiro atoms. The zero-order chi connectivity index (χ0) is 15.9. The number of rotatable bonds is 5. The number of nitrogens with one attached hydrogen (secondary N) is 1. The van der Waals surface area contributed by atoms with E-state index in [1.807, 2.05) is 6.92 Å². The van der Waals surface area contributed by atoms with E-state index in [4.69, 9.17) is 4.99 Å². The topological polar surface area (TPSA) is 50.2 Å². The SMILES string of the molecule is Cc1nnsc1C(=NCC1CCCCC1)NCC1CCCCC1. The molecule has 0 aliphatic heterocycles. The number of aryl methyl sites for hydroxylation is 1. The summed E-state index contributed by atoms with van der Waals surface area (Å²) in [5, 5.41) is 7.83. The van der Waals surface area contributed by atoms with E-state index < -0.39 is 0 Å². The third-order valence-corrected chi connectivity index (χ3v) is 6.22. The van der Waals surface area contributed by atoms with E-state index in [-0.39, 0.29) is 0 Å². The first kappa shape index (κ1) is 16.9. The van der Waals surface area contributed by atoms with Crippen molar-refractivity contribution < 1.29 is 0 Å². The van der Waals surface area contributed by atoms with E-state index in [1.54, 1.807) is 0 Å². The number of aromatic nitrogens is 2. The predicted molar refractivity (Wildman–Crippen MR) is 97.2 cm³/mol. The molecule has 0 atom stereocenters. The molecule has 0 aromatic carbocycles. The lowest BCUT2D eigenvalue weighted by Gasteiger charge is -2.23. The fourth-order valence-corrected chi connectivity index (χ4v) is 4.52. The summed E-state index contributed by atoms with van der Waals surface area (Å²) in [4.78, 5) is 6.11. The summed E-state index contributed by atoms with van der Waals surface area (Å²) in [6.45, 7) is 4.06. The normalized spacial score (nSPS) is 21.5. The molecule has 1 aromatic heterocycles. The molecule has 0 bridgehead atoms. The van der Waals surface area contributed by atoms with Gasteiger partial charge in [0.2, 0.25) is 0 Å². The number of aliphatic imine (C=N–C) groups is 1. The van der Waals surface area contributed by atoms with Crippen LogP contribution in [-0.2, 0) is 0 Å². The Hall–Kier alpha value is -0.970. The first-order chi connectivity index (χ1) is 11.3. The van der Waals surface area contributed by atoms with Crippen LogP contribution in [0.1, 0.15) is 74.8 Å². The molecular weight excluding hydrogens is 304 g/mol. The minimum atomic E-state index is 0.774. The molecule has 4 nitrogen and oxygen atoms in total. The van der Waals surface area contributed by atoms with Gasteiger partial charge in [-0.1, -0.05) is 43.0 Å². The zero-order valence-electron chi connectivity index (χ0n) is 14.4. The molecule has 0 amide bonds. The van der Waals surface area contributed by atoms with E-state index >= 15 is 0 Å². The molecule has 0 saturated heterocycles. The molecular formula is C18H30N4S. The highest BCUT2D eigenvalue weighted by Crippen LogP contribution is 2.25. The molecule has 2 aliphatic rings. The summed E-state index contributed by atoms with van der Waals surface area (Å²) in [5.41, 5.74) is 1.01. The highest BCUT2D eigenvalue weighted by atomic mass is 32.1. The molecule has 23 heavy (non-hydrogen) atoms. The molecule has 0 radical (unpaired) electrons. The van der Waals surface area contributed by atoms with Gasteiger partial charge in [0, 0.05) is 13.1 Å². The minimum Gasteiger partial charge on any atom is -0.369 e. The number of hydrogen-bond donors (Lipinski definition) is 1. The largest absolute Gasteiger partial charge is 0.369 e. The summed E-state index contributed by atoms with van der Waals surface area (Å²) < 4.78 is 4.10. The van der Waals surface area contributed by atoms with Crippen molar-refractivity contribution in [2.24, 2.45) is 16.8 Å². The first-order valence-electron chi connectivity index (χ1n) is 9.40. The van der Waals surface area contributed by atoms with Gasteiger partial charge in [-0.15, -0.1) is 5.10 Å². The third kappa shape index (κ3) is 5.00. The molecule has 1 aromatic rings. The van der Waals surface area contributed by atoms with Gasteiger partial charge in [-0.25, -0.2) is 0 Å². The van der Waals surface area contributed by atoms with E-state index in [0.29, 0.717) is 0 Å². The Balaban J connectivity index is 1.62. The second kappa shape index (κ2) is 8.76. The van der Waals surface area contributed by atoms with Crippen LogP contribution in [0.4, 0.5) is 0 Å². The fourth-order valence-electron chi connectivity index (χ4n) is 3.88. The second-order valence-corrected chi connectivity index (χ2v) is 8.02. The van der Waals surface area contributed by atoms with E-state index in [9.17, 15) is 0 Å². The fraction of sp³-hybridized carbons (Fsp3) is 0.833. The van der Waals surface area contributed by atoms with Crippen molar-refractivity contribution in [1.29, 1.82) is 0 Å². The van der Waals surface area contributed by atoms with Gasteiger partial charge in [0.25, 0.3) is 0 Å². The molecule has 2 aliphatic carbocycles. The number of amidine groups is 1. The third-order valence-electron chi connectivity index (χ3n) is 5.38. The maximum Gasteiger partial charge on any atom is 0.142 e. The van der Waals surface area contributed by atoms with Crippen LogP contribution in [0.25, 0.3) is 0 Å². The monoisotopic (exact) mass is 334 g/mol. The van der Waals surface area contributed by atoms with Crippen molar-refractivity contribution in [2.45, 2.75) is 71.1 Å². The van der Waals surface area contributed by atoms with Crippen LogP contribution in [0, 0.1) is 18.8 Å². The van der Waals surface area contributed by atoms with Crippen LogP contribution in [-0.4, -0.2) is 28.5 Å². The summed E-state index contributed by atoms with van der Waals surface area (Å²) in [6, 6.07) is 0. The maximum absolute atomic E-state index is 4.97. The van der Waals surface area contributed by atoms with E-state index in [0.717, 1.165) is 41.3 Å². The molecule has 128 valence electrons. The Morgan fingerprint density at radius 3 is 2.30 bits per heavy atom. The molecule has 1 heterocycles.